The van der Waals surface area contributed by atoms with E-state index in [1.165, 1.54) is 77.9 Å². The van der Waals surface area contributed by atoms with E-state index in [4.69, 9.17) is 4.99 Å². The van der Waals surface area contributed by atoms with E-state index in [1.807, 2.05) is 0 Å². The molecule has 5 aliphatic rings. The van der Waals surface area contributed by atoms with Crippen LogP contribution in [0.3, 0.4) is 0 Å². The van der Waals surface area contributed by atoms with Crippen molar-refractivity contribution in [3.63, 3.8) is 0 Å². The molecule has 238 valence electrons. The minimum Gasteiger partial charge on any atom is -0.253 e. The number of rotatable bonds is 1. The molecule has 1 nitrogen and oxygen atoms in total. The number of hydrogen-bond acceptors (Lipinski definition) is 1. The summed E-state index contributed by atoms with van der Waals surface area (Å²) in [4.78, 5) is 5.54. The fourth-order valence-electron chi connectivity index (χ4n) is 11.2. The Bertz CT molecular complexity index is 2600. The molecule has 2 spiro atoms. The summed E-state index contributed by atoms with van der Waals surface area (Å²) >= 11 is 0. The van der Waals surface area contributed by atoms with Gasteiger partial charge in [0.15, 0.2) is 0 Å². The van der Waals surface area contributed by atoms with Gasteiger partial charge < -0.3 is 0 Å². The van der Waals surface area contributed by atoms with E-state index in [9.17, 15) is 0 Å². The number of hydrogen-bond donors (Lipinski definition) is 0. The molecule has 0 aliphatic heterocycles. The summed E-state index contributed by atoms with van der Waals surface area (Å²) in [7, 11) is 0. The number of aliphatic imine (C=N–C) groups is 1. The molecule has 1 heteroatoms. The average molecular weight is 648 g/mol. The third-order valence-electron chi connectivity index (χ3n) is 12.9. The van der Waals surface area contributed by atoms with Crippen molar-refractivity contribution in [3.8, 4) is 33.4 Å². The van der Waals surface area contributed by atoms with Crippen LogP contribution in [0.15, 0.2) is 181 Å². The SMILES string of the molecule is C1=CC2c3ccccc3C3(c4ccccc4-c4ccccc43)C2CC1=Nc1ccc2c(c1)C1(c3ccccc3-c3ccccc31)c1ccccc1-2. The van der Waals surface area contributed by atoms with Gasteiger partial charge in [0.25, 0.3) is 0 Å². The van der Waals surface area contributed by atoms with E-state index in [0.717, 1.165) is 17.8 Å². The number of allylic oxidation sites excluding steroid dienone is 2. The molecule has 51 heavy (non-hydrogen) atoms. The lowest BCUT2D eigenvalue weighted by atomic mass is 9.63. The summed E-state index contributed by atoms with van der Waals surface area (Å²) < 4.78 is 0. The van der Waals surface area contributed by atoms with Crippen molar-refractivity contribution in [2.75, 3.05) is 0 Å². The van der Waals surface area contributed by atoms with Gasteiger partial charge in [0.2, 0.25) is 0 Å². The highest BCUT2D eigenvalue weighted by molar-refractivity contribution is 6.00. The maximum absolute atomic E-state index is 5.54. The van der Waals surface area contributed by atoms with E-state index in [0.29, 0.717) is 11.8 Å². The van der Waals surface area contributed by atoms with Gasteiger partial charge in [-0.3, -0.25) is 4.99 Å². The normalized spacial score (nSPS) is 20.4. The van der Waals surface area contributed by atoms with Crippen molar-refractivity contribution in [1.82, 2.24) is 0 Å². The molecular formula is C50H33N. The van der Waals surface area contributed by atoms with Crippen molar-refractivity contribution < 1.29 is 0 Å². The lowest BCUT2D eigenvalue weighted by Crippen LogP contribution is -2.36. The Labute approximate surface area is 298 Å². The maximum atomic E-state index is 5.54. The van der Waals surface area contributed by atoms with Crippen LogP contribution >= 0.6 is 0 Å². The van der Waals surface area contributed by atoms with Gasteiger partial charge in [0.05, 0.1) is 16.5 Å². The summed E-state index contributed by atoms with van der Waals surface area (Å²) in [5.74, 6) is 0.672. The molecular weight excluding hydrogens is 615 g/mol. The van der Waals surface area contributed by atoms with Crippen LogP contribution in [-0.2, 0) is 10.8 Å². The zero-order valence-corrected chi connectivity index (χ0v) is 28.1. The van der Waals surface area contributed by atoms with Crippen LogP contribution in [0.4, 0.5) is 5.69 Å². The Morgan fingerprint density at radius 1 is 0.431 bits per heavy atom. The van der Waals surface area contributed by atoms with Gasteiger partial charge in [0.1, 0.15) is 0 Å². The van der Waals surface area contributed by atoms with Gasteiger partial charge in [0, 0.05) is 11.6 Å². The summed E-state index contributed by atoms with van der Waals surface area (Å²) in [6.07, 6.45) is 5.69. The van der Waals surface area contributed by atoms with Crippen LogP contribution in [0.5, 0.6) is 0 Å². The molecule has 7 aromatic rings. The molecule has 0 N–H and O–H groups in total. The van der Waals surface area contributed by atoms with Gasteiger partial charge in [-0.05, 0) is 108 Å². The summed E-state index contributed by atoms with van der Waals surface area (Å²) in [6.45, 7) is 0. The smallest absolute Gasteiger partial charge is 0.0726 e. The van der Waals surface area contributed by atoms with Crippen LogP contribution in [0.1, 0.15) is 56.8 Å². The van der Waals surface area contributed by atoms with Gasteiger partial charge in [-0.15, -0.1) is 0 Å². The number of benzene rings is 7. The summed E-state index contributed by atoms with van der Waals surface area (Å²) in [6, 6.07) is 61.5. The van der Waals surface area contributed by atoms with E-state index >= 15 is 0 Å². The highest BCUT2D eigenvalue weighted by Gasteiger charge is 2.58. The minimum absolute atomic E-state index is 0.207. The second-order valence-electron chi connectivity index (χ2n) is 14.9. The van der Waals surface area contributed by atoms with E-state index in [1.54, 1.807) is 0 Å². The molecule has 0 amide bonds. The van der Waals surface area contributed by atoms with E-state index in [-0.39, 0.29) is 10.8 Å². The molecule has 0 heterocycles. The van der Waals surface area contributed by atoms with E-state index < -0.39 is 0 Å². The van der Waals surface area contributed by atoms with Gasteiger partial charge >= 0.3 is 0 Å². The Balaban J connectivity index is 1.04. The van der Waals surface area contributed by atoms with Crippen LogP contribution in [-0.4, -0.2) is 5.71 Å². The van der Waals surface area contributed by atoms with Crippen LogP contribution in [0, 0.1) is 5.92 Å². The first-order valence-electron chi connectivity index (χ1n) is 18.3. The molecule has 2 atom stereocenters. The zero-order valence-electron chi connectivity index (χ0n) is 28.1. The first-order valence-corrected chi connectivity index (χ1v) is 18.3. The number of fused-ring (bicyclic) bond motifs is 20. The van der Waals surface area contributed by atoms with E-state index in [2.05, 4.69) is 176 Å². The molecule has 0 saturated heterocycles. The lowest BCUT2D eigenvalue weighted by Gasteiger charge is -2.38. The molecule has 0 aromatic heterocycles. The third-order valence-corrected chi connectivity index (χ3v) is 12.9. The van der Waals surface area contributed by atoms with Crippen LogP contribution in [0.25, 0.3) is 33.4 Å². The monoisotopic (exact) mass is 647 g/mol. The molecule has 0 radical (unpaired) electrons. The third kappa shape index (κ3) is 3.26. The fourth-order valence-corrected chi connectivity index (χ4v) is 11.2. The van der Waals surface area contributed by atoms with Gasteiger partial charge in [-0.1, -0.05) is 158 Å². The molecule has 7 aromatic carbocycles. The maximum Gasteiger partial charge on any atom is 0.0726 e. The predicted octanol–water partition coefficient (Wildman–Crippen LogP) is 11.8. The molecule has 12 rings (SSSR count). The Kier molecular flexibility index (Phi) is 5.33. The quantitative estimate of drug-likeness (QED) is 0.168. The van der Waals surface area contributed by atoms with Gasteiger partial charge in [-0.2, -0.15) is 0 Å². The van der Waals surface area contributed by atoms with Crippen LogP contribution < -0.4 is 0 Å². The molecule has 0 saturated carbocycles. The first-order chi connectivity index (χ1) is 25.3. The number of nitrogens with zero attached hydrogens (tertiary/aromatic N) is 1. The highest BCUT2D eigenvalue weighted by atomic mass is 14.8. The molecule has 2 unspecified atom stereocenters. The Morgan fingerprint density at radius 2 is 0.882 bits per heavy atom. The lowest BCUT2D eigenvalue weighted by molar-refractivity contribution is 0.394. The Hall–Kier alpha value is -6.05. The molecule has 0 fully saturated rings. The minimum atomic E-state index is -0.364. The second kappa shape index (κ2) is 9.80. The summed E-state index contributed by atoms with van der Waals surface area (Å²) in [5, 5.41) is 0. The standard InChI is InChI=1S/C50H33N/c1-7-19-41-33(13-1)34-14-2-8-20-42(34)49(41)45-23-11-5-17-37(45)39-27-25-31(29-47(39)49)51-32-26-28-40-38-18-6-12-24-46(38)50(48(40)30-32)43-21-9-3-15-35(43)36-16-4-10-22-44(36)50/h1-29,40,48H,30H2. The average Bonchev–Trinajstić information content (AvgIpc) is 3.87. The summed E-state index contributed by atoms with van der Waals surface area (Å²) in [5.41, 5.74) is 20.9. The highest BCUT2D eigenvalue weighted by Crippen LogP contribution is 2.66. The second-order valence-corrected chi connectivity index (χ2v) is 14.9. The first kappa shape index (κ1) is 27.7. The largest absolute Gasteiger partial charge is 0.253 e. The van der Waals surface area contributed by atoms with Gasteiger partial charge in [-0.25, -0.2) is 0 Å². The predicted molar refractivity (Wildman–Crippen MR) is 208 cm³/mol. The van der Waals surface area contributed by atoms with Crippen molar-refractivity contribution in [2.45, 2.75) is 23.2 Å². The van der Waals surface area contributed by atoms with Crippen molar-refractivity contribution in [2.24, 2.45) is 10.9 Å². The van der Waals surface area contributed by atoms with Crippen molar-refractivity contribution in [1.29, 1.82) is 0 Å². The van der Waals surface area contributed by atoms with Crippen molar-refractivity contribution >= 4 is 11.4 Å². The van der Waals surface area contributed by atoms with Crippen molar-refractivity contribution in [3.05, 3.63) is 220 Å². The topological polar surface area (TPSA) is 12.4 Å². The Morgan fingerprint density at radius 3 is 1.45 bits per heavy atom. The zero-order chi connectivity index (χ0) is 33.3. The van der Waals surface area contributed by atoms with Crippen LogP contribution in [0.2, 0.25) is 0 Å². The molecule has 0 bridgehead atoms. The molecule has 5 aliphatic carbocycles. The fraction of sp³-hybridized carbons (Fsp3) is 0.100.